The summed E-state index contributed by atoms with van der Waals surface area (Å²) in [6.07, 6.45) is 6.33. The van der Waals surface area contributed by atoms with Crippen molar-refractivity contribution >= 4 is 11.6 Å². The third-order valence-corrected chi connectivity index (χ3v) is 2.30. The largest absolute Gasteiger partial charge is 0.399 e. The van der Waals surface area contributed by atoms with Gasteiger partial charge in [0.1, 0.15) is 5.82 Å². The second kappa shape index (κ2) is 5.90. The molecule has 0 aliphatic carbocycles. The van der Waals surface area contributed by atoms with Crippen molar-refractivity contribution in [1.82, 2.24) is 5.32 Å². The predicted octanol–water partition coefficient (Wildman–Crippen LogP) is 1.86. The van der Waals surface area contributed by atoms with Gasteiger partial charge in [0.25, 0.3) is 5.91 Å². The fourth-order valence-corrected chi connectivity index (χ4v) is 1.45. The zero-order chi connectivity index (χ0) is 12.8. The highest BCUT2D eigenvalue weighted by Gasteiger charge is 2.13. The van der Waals surface area contributed by atoms with E-state index in [9.17, 15) is 9.18 Å². The Morgan fingerprint density at radius 1 is 1.59 bits per heavy atom. The van der Waals surface area contributed by atoms with Crippen LogP contribution in [-0.2, 0) is 0 Å². The number of hydrogen-bond acceptors (Lipinski definition) is 2. The van der Waals surface area contributed by atoms with Crippen LogP contribution in [0.3, 0.4) is 0 Å². The van der Waals surface area contributed by atoms with Crippen LogP contribution in [0.25, 0.3) is 0 Å². The summed E-state index contributed by atoms with van der Waals surface area (Å²) in [5.74, 6) is 1.47. The highest BCUT2D eigenvalue weighted by atomic mass is 19.1. The smallest absolute Gasteiger partial charge is 0.254 e. The Balaban J connectivity index is 2.73. The van der Waals surface area contributed by atoms with Crippen molar-refractivity contribution in [2.75, 3.05) is 12.3 Å². The van der Waals surface area contributed by atoms with Crippen molar-refractivity contribution in [3.63, 3.8) is 0 Å². The van der Waals surface area contributed by atoms with E-state index in [4.69, 9.17) is 12.2 Å². The van der Waals surface area contributed by atoms with Crippen molar-refractivity contribution in [3.05, 3.63) is 29.1 Å². The first kappa shape index (κ1) is 13.0. The first-order chi connectivity index (χ1) is 8.06. The van der Waals surface area contributed by atoms with E-state index < -0.39 is 11.7 Å². The Kier molecular flexibility index (Phi) is 4.53. The van der Waals surface area contributed by atoms with Crippen molar-refractivity contribution in [2.24, 2.45) is 0 Å². The molecule has 0 saturated heterocycles. The molecule has 0 heterocycles. The van der Waals surface area contributed by atoms with E-state index in [2.05, 4.69) is 11.2 Å². The molecule has 0 aliphatic heterocycles. The summed E-state index contributed by atoms with van der Waals surface area (Å²) in [6.45, 7) is 2.00. The molecule has 0 fully saturated rings. The number of nitrogens with two attached hydrogens (primary N) is 1. The minimum Gasteiger partial charge on any atom is -0.399 e. The molecule has 1 amide bonds. The summed E-state index contributed by atoms with van der Waals surface area (Å²) in [6, 6.07) is 2.82. The van der Waals surface area contributed by atoms with Crippen LogP contribution in [0.5, 0.6) is 0 Å². The molecule has 90 valence electrons. The van der Waals surface area contributed by atoms with E-state index in [1.165, 1.54) is 12.1 Å². The van der Waals surface area contributed by atoms with Gasteiger partial charge in [-0.2, -0.15) is 0 Å². The zero-order valence-corrected chi connectivity index (χ0v) is 9.72. The molecule has 3 N–H and O–H groups in total. The molecule has 0 aromatic heterocycles. The number of terminal acetylenes is 1. The average molecular weight is 234 g/mol. The maximum Gasteiger partial charge on any atom is 0.254 e. The second-order valence-corrected chi connectivity index (χ2v) is 3.76. The summed E-state index contributed by atoms with van der Waals surface area (Å²) >= 11 is 0. The Morgan fingerprint density at radius 2 is 2.29 bits per heavy atom. The monoisotopic (exact) mass is 234 g/mol. The lowest BCUT2D eigenvalue weighted by molar-refractivity contribution is 0.0949. The number of nitrogens with one attached hydrogen (secondary N) is 1. The van der Waals surface area contributed by atoms with Gasteiger partial charge in [-0.15, -0.1) is 12.3 Å². The maximum absolute atomic E-state index is 13.7. The van der Waals surface area contributed by atoms with Crippen LogP contribution in [0.4, 0.5) is 10.1 Å². The molecule has 0 spiro atoms. The van der Waals surface area contributed by atoms with Crippen LogP contribution < -0.4 is 11.1 Å². The molecule has 1 rings (SSSR count). The first-order valence-corrected chi connectivity index (χ1v) is 5.33. The van der Waals surface area contributed by atoms with Crippen molar-refractivity contribution in [1.29, 1.82) is 0 Å². The number of carbonyl (C=O) groups excluding carboxylic acids is 1. The molecule has 0 bridgehead atoms. The SMILES string of the molecule is C#CCCCNC(=O)c1cc(N)cc(C)c1F. The molecule has 0 unspecified atom stereocenters. The number of hydrogen-bond donors (Lipinski definition) is 2. The quantitative estimate of drug-likeness (QED) is 0.474. The Labute approximate surface area is 100 Å². The molecule has 0 aliphatic rings. The number of unbranched alkanes of at least 4 members (excludes halogenated alkanes) is 1. The van der Waals surface area contributed by atoms with Gasteiger partial charge in [0.2, 0.25) is 0 Å². The van der Waals surface area contributed by atoms with Crippen LogP contribution in [0.2, 0.25) is 0 Å². The van der Waals surface area contributed by atoms with Crippen LogP contribution in [-0.4, -0.2) is 12.5 Å². The molecule has 4 heteroatoms. The highest BCUT2D eigenvalue weighted by molar-refractivity contribution is 5.95. The number of carbonyl (C=O) groups is 1. The topological polar surface area (TPSA) is 55.1 Å². The predicted molar refractivity (Wildman–Crippen MR) is 65.9 cm³/mol. The van der Waals surface area contributed by atoms with E-state index >= 15 is 0 Å². The van der Waals surface area contributed by atoms with E-state index in [-0.39, 0.29) is 5.56 Å². The molecule has 3 nitrogen and oxygen atoms in total. The second-order valence-electron chi connectivity index (χ2n) is 3.76. The molecule has 1 aromatic carbocycles. The van der Waals surface area contributed by atoms with Crippen molar-refractivity contribution in [2.45, 2.75) is 19.8 Å². The van der Waals surface area contributed by atoms with Gasteiger partial charge >= 0.3 is 0 Å². The lowest BCUT2D eigenvalue weighted by Crippen LogP contribution is -2.25. The fourth-order valence-electron chi connectivity index (χ4n) is 1.45. The van der Waals surface area contributed by atoms with Crippen molar-refractivity contribution in [3.8, 4) is 12.3 Å². The molecular formula is C13H15FN2O. The van der Waals surface area contributed by atoms with Gasteiger partial charge in [-0.3, -0.25) is 4.79 Å². The van der Waals surface area contributed by atoms with Crippen molar-refractivity contribution < 1.29 is 9.18 Å². The minimum absolute atomic E-state index is 0.0248. The fraction of sp³-hybridized carbons (Fsp3) is 0.308. The van der Waals surface area contributed by atoms with Gasteiger partial charge in [0.15, 0.2) is 0 Å². The zero-order valence-electron chi connectivity index (χ0n) is 9.72. The number of nitrogen functional groups attached to an aromatic ring is 1. The standard InChI is InChI=1S/C13H15FN2O/c1-3-4-5-6-16-13(17)11-8-10(15)7-9(2)12(11)14/h1,7-8H,4-6,15H2,2H3,(H,16,17). The van der Waals surface area contributed by atoms with Crippen LogP contribution in [0.1, 0.15) is 28.8 Å². The first-order valence-electron chi connectivity index (χ1n) is 5.33. The molecular weight excluding hydrogens is 219 g/mol. The lowest BCUT2D eigenvalue weighted by atomic mass is 10.1. The Morgan fingerprint density at radius 3 is 2.94 bits per heavy atom. The van der Waals surface area contributed by atoms with Gasteiger partial charge in [-0.25, -0.2) is 4.39 Å². The van der Waals surface area contributed by atoms with Crippen LogP contribution in [0.15, 0.2) is 12.1 Å². The third kappa shape index (κ3) is 3.49. The molecule has 0 atom stereocenters. The number of amides is 1. The van der Waals surface area contributed by atoms with E-state index in [0.29, 0.717) is 30.6 Å². The molecule has 1 aromatic rings. The van der Waals surface area contributed by atoms with Gasteiger partial charge in [0.05, 0.1) is 5.56 Å². The molecule has 0 radical (unpaired) electrons. The van der Waals surface area contributed by atoms with Gasteiger partial charge in [-0.05, 0) is 31.0 Å². The van der Waals surface area contributed by atoms with E-state index in [0.717, 1.165) is 0 Å². The summed E-state index contributed by atoms with van der Waals surface area (Å²) in [5.41, 5.74) is 6.28. The summed E-state index contributed by atoms with van der Waals surface area (Å²) in [5, 5.41) is 2.60. The maximum atomic E-state index is 13.7. The highest BCUT2D eigenvalue weighted by Crippen LogP contribution is 2.16. The number of rotatable bonds is 4. The molecule has 17 heavy (non-hydrogen) atoms. The summed E-state index contributed by atoms with van der Waals surface area (Å²) in [4.78, 5) is 11.7. The Bertz CT molecular complexity index is 463. The summed E-state index contributed by atoms with van der Waals surface area (Å²) in [7, 11) is 0. The van der Waals surface area contributed by atoms with Gasteiger partial charge < -0.3 is 11.1 Å². The number of halogens is 1. The average Bonchev–Trinajstić information content (AvgIpc) is 2.29. The number of aryl methyl sites for hydroxylation is 1. The lowest BCUT2D eigenvalue weighted by Gasteiger charge is -2.08. The third-order valence-electron chi connectivity index (χ3n) is 2.30. The number of anilines is 1. The van der Waals surface area contributed by atoms with E-state index in [1.54, 1.807) is 6.92 Å². The van der Waals surface area contributed by atoms with Crippen LogP contribution >= 0.6 is 0 Å². The summed E-state index contributed by atoms with van der Waals surface area (Å²) < 4.78 is 13.7. The normalized spacial score (nSPS) is 9.71. The van der Waals surface area contributed by atoms with Gasteiger partial charge in [-0.1, -0.05) is 0 Å². The van der Waals surface area contributed by atoms with E-state index in [1.807, 2.05) is 0 Å². The molecule has 0 saturated carbocycles. The Hall–Kier alpha value is -2.02. The number of benzene rings is 1. The van der Waals surface area contributed by atoms with Gasteiger partial charge in [0, 0.05) is 18.7 Å². The van der Waals surface area contributed by atoms with Crippen LogP contribution in [0, 0.1) is 25.1 Å². The minimum atomic E-state index is -0.534.